The lowest BCUT2D eigenvalue weighted by atomic mass is 10.2. The van der Waals surface area contributed by atoms with Gasteiger partial charge in [-0.15, -0.1) is 11.3 Å². The number of imidazole rings is 1. The van der Waals surface area contributed by atoms with Crippen LogP contribution in [0.4, 0.5) is 5.69 Å². The van der Waals surface area contributed by atoms with E-state index in [4.69, 9.17) is 22.7 Å². The molecular weight excluding hydrogens is 518 g/mol. The van der Waals surface area contributed by atoms with Crippen molar-refractivity contribution in [3.8, 4) is 22.2 Å². The number of amides is 1. The van der Waals surface area contributed by atoms with Gasteiger partial charge in [-0.05, 0) is 48.6 Å². The maximum absolute atomic E-state index is 13.2. The molecule has 6 aromatic rings. The molecule has 2 aromatic carbocycles. The number of aromatic nitrogens is 5. The van der Waals surface area contributed by atoms with E-state index >= 15 is 0 Å². The van der Waals surface area contributed by atoms with E-state index in [0.717, 1.165) is 31.8 Å². The molecule has 0 atom stereocenters. The van der Waals surface area contributed by atoms with Crippen molar-refractivity contribution in [3.63, 3.8) is 0 Å². The number of para-hydroxylation sites is 1. The van der Waals surface area contributed by atoms with Gasteiger partial charge in [0.25, 0.3) is 5.91 Å². The molecule has 11 heteroatoms. The molecule has 0 aliphatic carbocycles. The summed E-state index contributed by atoms with van der Waals surface area (Å²) in [5, 5.41) is 5.24. The van der Waals surface area contributed by atoms with Gasteiger partial charge in [0.05, 0.1) is 32.5 Å². The van der Waals surface area contributed by atoms with Crippen LogP contribution in [0, 0.1) is 0 Å². The number of anilines is 1. The minimum atomic E-state index is -0.295. The quantitative estimate of drug-likeness (QED) is 0.293. The number of carbonyl (C=O) groups excluding carboxylic acids is 1. The van der Waals surface area contributed by atoms with Gasteiger partial charge in [-0.2, -0.15) is 5.10 Å². The van der Waals surface area contributed by atoms with Crippen LogP contribution in [-0.4, -0.2) is 35.3 Å². The fourth-order valence-electron chi connectivity index (χ4n) is 4.24. The maximum atomic E-state index is 13.2. The van der Waals surface area contributed by atoms with E-state index < -0.39 is 0 Å². The van der Waals surface area contributed by atoms with Gasteiger partial charge in [0.2, 0.25) is 0 Å². The minimum Gasteiger partial charge on any atom is -0.456 e. The Kier molecular flexibility index (Phi) is 6.06. The third-order valence-corrected chi connectivity index (χ3v) is 7.36. The lowest BCUT2D eigenvalue weighted by Gasteiger charge is -2.21. The molecule has 0 radical (unpaired) electrons. The van der Waals surface area contributed by atoms with E-state index in [9.17, 15) is 4.79 Å². The number of thiophene rings is 1. The summed E-state index contributed by atoms with van der Waals surface area (Å²) in [6.45, 7) is -0.00515. The van der Waals surface area contributed by atoms with Crippen molar-refractivity contribution in [1.82, 2.24) is 24.3 Å². The summed E-state index contributed by atoms with van der Waals surface area (Å²) in [6, 6.07) is 18.6. The van der Waals surface area contributed by atoms with Gasteiger partial charge in [-0.25, -0.2) is 4.98 Å². The second-order valence-corrected chi connectivity index (χ2v) is 9.99. The van der Waals surface area contributed by atoms with E-state index in [-0.39, 0.29) is 17.6 Å². The number of hydrogen-bond donors (Lipinski definition) is 1. The molecule has 0 saturated heterocycles. The normalized spacial score (nSPS) is 11.2. The molecule has 4 heterocycles. The Morgan fingerprint density at radius 1 is 1.11 bits per heavy atom. The van der Waals surface area contributed by atoms with Gasteiger partial charge in [0.1, 0.15) is 23.9 Å². The Labute approximate surface area is 226 Å². The number of pyridine rings is 1. The first kappa shape index (κ1) is 23.8. The minimum absolute atomic E-state index is 0.00515. The summed E-state index contributed by atoms with van der Waals surface area (Å²) in [7, 11) is 1.96. The lowest BCUT2D eigenvalue weighted by molar-refractivity contribution is -0.118. The second kappa shape index (κ2) is 9.69. The lowest BCUT2D eigenvalue weighted by Crippen LogP contribution is -2.42. The van der Waals surface area contributed by atoms with Crippen molar-refractivity contribution in [2.24, 2.45) is 12.8 Å². The first-order valence-corrected chi connectivity index (χ1v) is 12.9. The van der Waals surface area contributed by atoms with Crippen LogP contribution in [0.1, 0.15) is 0 Å². The van der Waals surface area contributed by atoms with Crippen molar-refractivity contribution in [2.75, 3.05) is 4.90 Å². The number of fused-ring (bicyclic) bond motifs is 2. The average molecular weight is 540 g/mol. The van der Waals surface area contributed by atoms with E-state index in [0.29, 0.717) is 17.2 Å². The van der Waals surface area contributed by atoms with Crippen LogP contribution in [0.15, 0.2) is 85.5 Å². The maximum Gasteiger partial charge on any atom is 0.255 e. The Bertz CT molecular complexity index is 1800. The highest BCUT2D eigenvalue weighted by atomic mass is 32.1. The predicted octanol–water partition coefficient (Wildman–Crippen LogP) is 5.12. The third-order valence-electron chi connectivity index (χ3n) is 6.05. The molecule has 38 heavy (non-hydrogen) atoms. The highest BCUT2D eigenvalue weighted by molar-refractivity contribution is 7.80. The van der Waals surface area contributed by atoms with Crippen molar-refractivity contribution in [3.05, 3.63) is 85.5 Å². The molecule has 1 amide bonds. The highest BCUT2D eigenvalue weighted by Crippen LogP contribution is 2.38. The summed E-state index contributed by atoms with van der Waals surface area (Å²) in [5.74, 6) is 1.85. The van der Waals surface area contributed by atoms with Crippen LogP contribution in [0.25, 0.3) is 31.8 Å². The molecule has 4 aromatic heterocycles. The molecule has 0 spiro atoms. The predicted molar refractivity (Wildman–Crippen MR) is 152 cm³/mol. The van der Waals surface area contributed by atoms with Crippen LogP contribution in [0.5, 0.6) is 11.5 Å². The number of carbonyl (C=O) groups is 1. The first-order valence-electron chi connectivity index (χ1n) is 11.6. The van der Waals surface area contributed by atoms with Crippen LogP contribution < -0.4 is 15.4 Å². The monoisotopic (exact) mass is 539 g/mol. The standard InChI is InChI=1S/C27H21N7O2S2/c1-32-13-12-30-26(32)23-14-20-25(38-23)22(10-11-29-20)36-19-8-6-18(7-9-19)34(27(28)37)24(35)16-33-21-5-3-2-4-17(21)15-31-33/h2-15H,16H2,1H3,(H2,28,37). The van der Waals surface area contributed by atoms with Gasteiger partial charge in [0, 0.05) is 37.1 Å². The van der Waals surface area contributed by atoms with E-state index in [1.165, 1.54) is 4.90 Å². The third kappa shape index (κ3) is 4.38. The zero-order valence-electron chi connectivity index (χ0n) is 20.2. The Hall–Kier alpha value is -4.61. The van der Waals surface area contributed by atoms with E-state index in [2.05, 4.69) is 15.1 Å². The zero-order valence-corrected chi connectivity index (χ0v) is 21.8. The van der Waals surface area contributed by atoms with Crippen molar-refractivity contribution in [2.45, 2.75) is 6.54 Å². The van der Waals surface area contributed by atoms with Gasteiger partial charge in [-0.1, -0.05) is 18.2 Å². The number of nitrogens with two attached hydrogens (primary N) is 1. The summed E-state index contributed by atoms with van der Waals surface area (Å²) in [4.78, 5) is 24.4. The fraction of sp³-hybridized carbons (Fsp3) is 0.0741. The van der Waals surface area contributed by atoms with Gasteiger partial charge >= 0.3 is 0 Å². The number of aryl methyl sites for hydroxylation is 1. The molecular formula is C27H21N7O2S2. The number of ether oxygens (including phenoxy) is 1. The number of nitrogens with zero attached hydrogens (tertiary/aromatic N) is 6. The summed E-state index contributed by atoms with van der Waals surface area (Å²) < 4.78 is 10.7. The fourth-order valence-corrected chi connectivity index (χ4v) is 5.56. The summed E-state index contributed by atoms with van der Waals surface area (Å²) in [5.41, 5.74) is 8.18. The molecule has 0 bridgehead atoms. The van der Waals surface area contributed by atoms with Crippen molar-refractivity contribution >= 4 is 61.4 Å². The van der Waals surface area contributed by atoms with Crippen LogP contribution in [0.2, 0.25) is 0 Å². The largest absolute Gasteiger partial charge is 0.456 e. The van der Waals surface area contributed by atoms with Gasteiger partial charge in [0.15, 0.2) is 5.11 Å². The summed E-state index contributed by atoms with van der Waals surface area (Å²) in [6.07, 6.45) is 7.12. The van der Waals surface area contributed by atoms with Gasteiger partial charge in [-0.3, -0.25) is 19.4 Å². The average Bonchev–Trinajstić information content (AvgIpc) is 3.64. The number of benzene rings is 2. The SMILES string of the molecule is Cn1ccnc1-c1cc2nccc(Oc3ccc(N(C(=O)Cn4ncc5ccccc54)C(N)=S)cc3)c2s1. The zero-order chi connectivity index (χ0) is 26.2. The molecule has 0 unspecified atom stereocenters. The molecule has 2 N–H and O–H groups in total. The molecule has 0 aliphatic heterocycles. The highest BCUT2D eigenvalue weighted by Gasteiger charge is 2.20. The molecule has 9 nitrogen and oxygen atoms in total. The number of thiocarbonyl (C=S) groups is 1. The summed E-state index contributed by atoms with van der Waals surface area (Å²) >= 11 is 6.78. The van der Waals surface area contributed by atoms with Crippen LogP contribution in [-0.2, 0) is 18.4 Å². The Morgan fingerprint density at radius 2 is 1.92 bits per heavy atom. The molecule has 0 saturated carbocycles. The Morgan fingerprint density at radius 3 is 2.68 bits per heavy atom. The van der Waals surface area contributed by atoms with Crippen molar-refractivity contribution in [1.29, 1.82) is 0 Å². The van der Waals surface area contributed by atoms with E-state index in [1.807, 2.05) is 54.2 Å². The van der Waals surface area contributed by atoms with Crippen molar-refractivity contribution < 1.29 is 9.53 Å². The molecule has 0 fully saturated rings. The Balaban J connectivity index is 1.23. The smallest absolute Gasteiger partial charge is 0.255 e. The topological polar surface area (TPSA) is 104 Å². The van der Waals surface area contributed by atoms with E-state index in [1.54, 1.807) is 58.9 Å². The number of rotatable bonds is 6. The number of hydrogen-bond acceptors (Lipinski definition) is 7. The van der Waals surface area contributed by atoms with Crippen LogP contribution in [0.3, 0.4) is 0 Å². The van der Waals surface area contributed by atoms with Gasteiger partial charge < -0.3 is 15.0 Å². The second-order valence-electron chi connectivity index (χ2n) is 8.52. The first-order chi connectivity index (χ1) is 18.5. The van der Waals surface area contributed by atoms with Crippen LogP contribution >= 0.6 is 23.6 Å². The molecule has 188 valence electrons. The molecule has 6 rings (SSSR count). The molecule has 0 aliphatic rings.